The van der Waals surface area contributed by atoms with Gasteiger partial charge in [0.25, 0.3) is 0 Å². The number of rotatable bonds is 4. The Labute approximate surface area is 171 Å². The van der Waals surface area contributed by atoms with Crippen molar-refractivity contribution >= 4 is 0 Å². The molecule has 0 aromatic heterocycles. The van der Waals surface area contributed by atoms with Gasteiger partial charge in [0, 0.05) is 24.7 Å². The molecule has 0 saturated heterocycles. The molecule has 0 aliphatic carbocycles. The van der Waals surface area contributed by atoms with Crippen LogP contribution in [0.2, 0.25) is 0 Å². The Hall–Kier alpha value is -2.40. The zero-order valence-corrected chi connectivity index (χ0v) is 13.8. The summed E-state index contributed by atoms with van der Waals surface area (Å²) < 4.78 is 110. The molecule has 5 heteroatoms. The summed E-state index contributed by atoms with van der Waals surface area (Å²) in [6.07, 6.45) is 0.800. The zero-order valence-electron chi connectivity index (χ0n) is 25.8. The number of ether oxygens (including phenoxy) is 4. The highest BCUT2D eigenvalue weighted by molar-refractivity contribution is 5.54. The van der Waals surface area contributed by atoms with Gasteiger partial charge in [-0.3, -0.25) is 4.90 Å². The molecule has 2 heterocycles. The molecule has 0 N–H and O–H groups in total. The average Bonchev–Trinajstić information content (AvgIpc) is 2.71. The van der Waals surface area contributed by atoms with E-state index in [0.29, 0.717) is 36.1 Å². The van der Waals surface area contributed by atoms with Crippen molar-refractivity contribution < 1.29 is 35.4 Å². The van der Waals surface area contributed by atoms with Crippen molar-refractivity contribution in [3.8, 4) is 23.0 Å². The van der Waals surface area contributed by atoms with Gasteiger partial charge in [0.1, 0.15) is 0 Å². The molecule has 4 rings (SSSR count). The van der Waals surface area contributed by atoms with Crippen LogP contribution in [0.3, 0.4) is 0 Å². The number of nitrogens with zero attached hydrogens (tertiary/aromatic N) is 1. The van der Waals surface area contributed by atoms with Gasteiger partial charge in [-0.25, -0.2) is 0 Å². The second-order valence-corrected chi connectivity index (χ2v) is 6.38. The van der Waals surface area contributed by atoms with E-state index >= 15 is 0 Å². The largest absolute Gasteiger partial charge is 0.493 e. The van der Waals surface area contributed by atoms with Crippen LogP contribution in [-0.2, 0) is 19.4 Å². The highest BCUT2D eigenvalue weighted by Gasteiger charge is 2.34. The normalized spacial score (nSPS) is 27.2. The Balaban J connectivity index is 1.76. The van der Waals surface area contributed by atoms with E-state index in [4.69, 9.17) is 35.4 Å². The van der Waals surface area contributed by atoms with E-state index in [2.05, 4.69) is 0 Å². The molecule has 0 amide bonds. The molecule has 2 aromatic carbocycles. The first-order valence-electron chi connectivity index (χ1n) is 14.1. The van der Waals surface area contributed by atoms with Crippen molar-refractivity contribution in [3.63, 3.8) is 0 Å². The van der Waals surface area contributed by atoms with Crippen LogP contribution < -0.4 is 18.9 Å². The Morgan fingerprint density at radius 1 is 0.923 bits per heavy atom. The number of fused-ring (bicyclic) bond motifs is 4. The van der Waals surface area contributed by atoms with Gasteiger partial charge in [-0.15, -0.1) is 0 Å². The lowest BCUT2D eigenvalue weighted by Gasteiger charge is -2.42. The summed E-state index contributed by atoms with van der Waals surface area (Å²) in [7, 11) is -11.3. The summed E-state index contributed by atoms with van der Waals surface area (Å²) in [4.78, 5) is 2.01. The van der Waals surface area contributed by atoms with Crippen LogP contribution in [0.25, 0.3) is 0 Å². The lowest BCUT2D eigenvalue weighted by Crippen LogP contribution is -2.39. The Kier molecular flexibility index (Phi) is 2.09. The minimum Gasteiger partial charge on any atom is -0.493 e. The molecule has 0 bridgehead atoms. The van der Waals surface area contributed by atoms with Gasteiger partial charge in [0.05, 0.1) is 44.6 Å². The summed E-state index contributed by atoms with van der Waals surface area (Å²) in [5.41, 5.74) is 2.63. The summed E-state index contributed by atoms with van der Waals surface area (Å²) in [5.74, 6) is -0.823. The van der Waals surface area contributed by atoms with Crippen LogP contribution in [0, 0.1) is 0 Å². The van der Waals surface area contributed by atoms with Crippen molar-refractivity contribution in [1.82, 2.24) is 4.90 Å². The second kappa shape index (κ2) is 6.72. The maximum absolute atomic E-state index is 7.56. The first-order valence-corrected chi connectivity index (χ1v) is 8.10. The van der Waals surface area contributed by atoms with E-state index < -0.39 is 28.2 Å². The fourth-order valence-corrected chi connectivity index (χ4v) is 3.96. The molecule has 0 radical (unpaired) electrons. The lowest BCUT2D eigenvalue weighted by atomic mass is 9.83. The molecule has 2 aromatic rings. The molecule has 0 saturated carbocycles. The van der Waals surface area contributed by atoms with Crippen molar-refractivity contribution in [2.75, 3.05) is 34.7 Å². The first-order chi connectivity index (χ1) is 17.3. The monoisotopic (exact) mass is 367 g/mol. The Bertz CT molecular complexity index is 1200. The van der Waals surface area contributed by atoms with E-state index in [-0.39, 0.29) is 35.6 Å². The first kappa shape index (κ1) is 8.09. The third-order valence-electron chi connectivity index (χ3n) is 5.20. The number of methoxy groups -OCH3 is 4. The molecule has 2 aliphatic rings. The van der Waals surface area contributed by atoms with E-state index in [9.17, 15) is 0 Å². The number of hydrogen-bond donors (Lipinski definition) is 0. The van der Waals surface area contributed by atoms with Crippen LogP contribution in [0.5, 0.6) is 23.0 Å². The molecule has 138 valence electrons. The standard InChI is InChI=1S/C21H25NO4/c1-23-18-6-5-13-9-17-15-11-20(25-3)19(24-2)10-14(15)7-8-22(17)12-16(13)21(18)26-4/h5-6,10-11,17H,7-9,12H2,1-4H3/i1D3,2D3,3D3,4D3. The summed E-state index contributed by atoms with van der Waals surface area (Å²) in [6.45, 7) is 0.688. The lowest BCUT2D eigenvalue weighted by molar-refractivity contribution is 0.157. The van der Waals surface area contributed by atoms with Gasteiger partial charge < -0.3 is 18.9 Å². The molecule has 1 atom stereocenters. The predicted octanol–water partition coefficient (Wildman–Crippen LogP) is 3.38. The van der Waals surface area contributed by atoms with Crippen LogP contribution in [0.15, 0.2) is 24.3 Å². The zero-order chi connectivity index (χ0) is 28.3. The highest BCUT2D eigenvalue weighted by atomic mass is 16.5. The smallest absolute Gasteiger partial charge is 0.165 e. The molecule has 0 fully saturated rings. The maximum Gasteiger partial charge on any atom is 0.165 e. The van der Waals surface area contributed by atoms with Crippen molar-refractivity contribution in [2.45, 2.75) is 25.4 Å². The maximum atomic E-state index is 7.56. The van der Waals surface area contributed by atoms with E-state index in [1.807, 2.05) is 4.90 Å². The van der Waals surface area contributed by atoms with Crippen LogP contribution in [0.4, 0.5) is 0 Å². The Morgan fingerprint density at radius 2 is 1.69 bits per heavy atom. The van der Waals surface area contributed by atoms with Gasteiger partial charge in [-0.2, -0.15) is 0 Å². The van der Waals surface area contributed by atoms with E-state index in [1.54, 1.807) is 6.07 Å². The molecule has 5 nitrogen and oxygen atoms in total. The van der Waals surface area contributed by atoms with Gasteiger partial charge in [-0.1, -0.05) is 6.07 Å². The fourth-order valence-electron chi connectivity index (χ4n) is 3.96. The summed E-state index contributed by atoms with van der Waals surface area (Å²) in [6, 6.07) is 5.65. The second-order valence-electron chi connectivity index (χ2n) is 6.38. The minimum atomic E-state index is -2.85. The van der Waals surface area contributed by atoms with Crippen molar-refractivity contribution in [1.29, 1.82) is 0 Å². The molecular weight excluding hydrogens is 330 g/mol. The summed E-state index contributed by atoms with van der Waals surface area (Å²) in [5, 5.41) is 0. The molecular formula is C21H25NO4. The number of benzene rings is 2. The third-order valence-corrected chi connectivity index (χ3v) is 5.20. The van der Waals surface area contributed by atoms with Crippen molar-refractivity contribution in [2.24, 2.45) is 0 Å². The minimum absolute atomic E-state index is 0.171. The quantitative estimate of drug-likeness (QED) is 0.829. The van der Waals surface area contributed by atoms with Gasteiger partial charge in [0.2, 0.25) is 0 Å². The van der Waals surface area contributed by atoms with Gasteiger partial charge in [0.15, 0.2) is 23.0 Å². The average molecular weight is 368 g/mol. The molecule has 2 aliphatic heterocycles. The molecule has 1 unspecified atom stereocenters. The predicted molar refractivity (Wildman–Crippen MR) is 99.7 cm³/mol. The fraction of sp³-hybridized carbons (Fsp3) is 0.429. The van der Waals surface area contributed by atoms with Gasteiger partial charge >= 0.3 is 0 Å². The van der Waals surface area contributed by atoms with Crippen molar-refractivity contribution in [3.05, 3.63) is 46.5 Å². The summed E-state index contributed by atoms with van der Waals surface area (Å²) >= 11 is 0. The van der Waals surface area contributed by atoms with Crippen LogP contribution in [0.1, 0.15) is 44.7 Å². The highest BCUT2D eigenvalue weighted by Crippen LogP contribution is 2.45. The van der Waals surface area contributed by atoms with Gasteiger partial charge in [-0.05, 0) is 47.7 Å². The molecule has 0 spiro atoms. The topological polar surface area (TPSA) is 40.2 Å². The third kappa shape index (κ3) is 2.58. The van der Waals surface area contributed by atoms with E-state index in [1.165, 1.54) is 18.2 Å². The molecule has 26 heavy (non-hydrogen) atoms. The van der Waals surface area contributed by atoms with Crippen LogP contribution >= 0.6 is 0 Å². The van der Waals surface area contributed by atoms with E-state index in [0.717, 1.165) is 5.56 Å². The SMILES string of the molecule is [2H]C([2H])([2H])Oc1cc2c(cc1OC([2H])([2H])[2H])C1Cc3ccc(OC([2H])([2H])[2H])c(OC([2H])([2H])[2H])c3CN1CC2. The van der Waals surface area contributed by atoms with Crippen LogP contribution in [-0.4, -0.2) is 39.6 Å². The number of hydrogen-bond acceptors (Lipinski definition) is 5. The Morgan fingerprint density at radius 3 is 2.50 bits per heavy atom.